The first kappa shape index (κ1) is 10.4. The zero-order valence-corrected chi connectivity index (χ0v) is 10.7. The zero-order valence-electron chi connectivity index (χ0n) is 9.15. The molecule has 0 saturated carbocycles. The Morgan fingerprint density at radius 1 is 1.56 bits per heavy atom. The van der Waals surface area contributed by atoms with Gasteiger partial charge in [-0.25, -0.2) is 4.48 Å². The lowest BCUT2D eigenvalue weighted by molar-refractivity contribution is -0.709. The van der Waals surface area contributed by atoms with Crippen molar-refractivity contribution in [3.63, 3.8) is 0 Å². The van der Waals surface area contributed by atoms with Crippen molar-refractivity contribution in [3.8, 4) is 0 Å². The molecule has 1 unspecified atom stereocenters. The minimum absolute atomic E-state index is 0.389. The molecule has 5 heteroatoms. The van der Waals surface area contributed by atoms with Crippen LogP contribution in [0.2, 0.25) is 0 Å². The van der Waals surface area contributed by atoms with Crippen LogP contribution in [0.15, 0.2) is 33.8 Å². The Kier molecular flexibility index (Phi) is 2.34. The van der Waals surface area contributed by atoms with Crippen LogP contribution in [-0.2, 0) is 0 Å². The molecule has 0 bridgehead atoms. The lowest BCUT2D eigenvalue weighted by Gasteiger charge is -2.25. The van der Waals surface area contributed by atoms with Crippen LogP contribution in [-0.4, -0.2) is 35.1 Å². The Balaban J connectivity index is 2.06. The van der Waals surface area contributed by atoms with Gasteiger partial charge in [-0.2, -0.15) is 4.99 Å². The van der Waals surface area contributed by atoms with Gasteiger partial charge in [-0.15, -0.1) is 0 Å². The maximum atomic E-state index is 4.67. The number of allylic oxidation sites excluding steroid dienone is 1. The van der Waals surface area contributed by atoms with Gasteiger partial charge in [0, 0.05) is 15.9 Å². The summed E-state index contributed by atoms with van der Waals surface area (Å²) in [6.07, 6.45) is 8.19. The number of nitrogens with one attached hydrogen (secondary N) is 1. The summed E-state index contributed by atoms with van der Waals surface area (Å²) in [5.41, 5.74) is 2.31. The third-order valence-corrected chi connectivity index (χ3v) is 4.31. The maximum Gasteiger partial charge on any atom is 0.281 e. The molecular weight excluding hydrogens is 268 g/mol. The molecule has 3 aliphatic heterocycles. The average molecular weight is 282 g/mol. The van der Waals surface area contributed by atoms with Gasteiger partial charge < -0.3 is 5.32 Å². The highest BCUT2D eigenvalue weighted by molar-refractivity contribution is 9.18. The van der Waals surface area contributed by atoms with E-state index in [9.17, 15) is 0 Å². The second-order valence-corrected chi connectivity index (χ2v) is 5.16. The molecule has 3 heterocycles. The first-order chi connectivity index (χ1) is 7.72. The summed E-state index contributed by atoms with van der Waals surface area (Å²) in [4.78, 5) is 8.89. The molecule has 0 spiro atoms. The van der Waals surface area contributed by atoms with E-state index >= 15 is 0 Å². The summed E-state index contributed by atoms with van der Waals surface area (Å²) in [6, 6.07) is 0.389. The molecule has 0 aromatic carbocycles. The van der Waals surface area contributed by atoms with Gasteiger partial charge >= 0.3 is 0 Å². The van der Waals surface area contributed by atoms with E-state index in [1.165, 1.54) is 18.5 Å². The highest BCUT2D eigenvalue weighted by Crippen LogP contribution is 2.35. The van der Waals surface area contributed by atoms with Crippen molar-refractivity contribution in [3.05, 3.63) is 23.8 Å². The van der Waals surface area contributed by atoms with Crippen molar-refractivity contribution >= 4 is 26.9 Å². The van der Waals surface area contributed by atoms with E-state index in [0.29, 0.717) is 10.5 Å². The van der Waals surface area contributed by atoms with Crippen LogP contribution in [0.5, 0.6) is 0 Å². The largest absolute Gasteiger partial charge is 0.308 e. The van der Waals surface area contributed by atoms with Crippen molar-refractivity contribution in [1.29, 1.82) is 0 Å². The highest BCUT2D eigenvalue weighted by Gasteiger charge is 2.42. The van der Waals surface area contributed by atoms with Gasteiger partial charge in [-0.3, -0.25) is 4.99 Å². The zero-order chi connectivity index (χ0) is 11.2. The van der Waals surface area contributed by atoms with Gasteiger partial charge in [-0.05, 0) is 19.4 Å². The van der Waals surface area contributed by atoms with Crippen LogP contribution in [0.4, 0.5) is 0 Å². The fourth-order valence-electron chi connectivity index (χ4n) is 2.39. The number of nitrogens with zero attached hydrogens (tertiary/aromatic N) is 3. The predicted molar refractivity (Wildman–Crippen MR) is 68.2 cm³/mol. The van der Waals surface area contributed by atoms with Crippen molar-refractivity contribution < 1.29 is 4.48 Å². The molecule has 16 heavy (non-hydrogen) atoms. The number of rotatable bonds is 1. The van der Waals surface area contributed by atoms with E-state index in [-0.39, 0.29) is 0 Å². The number of fused-ring (bicyclic) bond motifs is 1. The quantitative estimate of drug-likeness (QED) is 0.577. The Morgan fingerprint density at radius 3 is 3.19 bits per heavy atom. The van der Waals surface area contributed by atoms with Crippen molar-refractivity contribution in [2.24, 2.45) is 9.98 Å². The Morgan fingerprint density at radius 2 is 2.44 bits per heavy atom. The molecule has 1 saturated heterocycles. The molecule has 3 aliphatic rings. The molecule has 1 fully saturated rings. The number of amidine groups is 1. The molecule has 3 rings (SSSR count). The first-order valence-corrected chi connectivity index (χ1v) is 6.31. The molecular formula is C11H14BrN4+. The standard InChI is InChI=1S/C11H14BrN4/c1-16-6-5-13-7-9(16)10(15-11(16)12)8-3-2-4-14-8/h5-8,14H,2-4H2,1H3/q+1/t8?,16-/m0/s1. The third-order valence-electron chi connectivity index (χ3n) is 3.40. The second-order valence-electron chi connectivity index (χ2n) is 4.45. The minimum atomic E-state index is 0.389. The van der Waals surface area contributed by atoms with Gasteiger partial charge in [-0.1, -0.05) is 0 Å². The summed E-state index contributed by atoms with van der Waals surface area (Å²) in [7, 11) is 2.12. The summed E-state index contributed by atoms with van der Waals surface area (Å²) in [6.45, 7) is 1.09. The van der Waals surface area contributed by atoms with Gasteiger partial charge in [0.2, 0.25) is 0 Å². The summed E-state index contributed by atoms with van der Waals surface area (Å²) < 4.78 is 1.55. The number of hydrogen-bond donors (Lipinski definition) is 1. The molecule has 0 aromatic heterocycles. The lowest BCUT2D eigenvalue weighted by Crippen LogP contribution is -2.40. The number of quaternary nitrogens is 1. The Hall–Kier alpha value is -0.780. The van der Waals surface area contributed by atoms with E-state index in [1.54, 1.807) is 0 Å². The smallest absolute Gasteiger partial charge is 0.281 e. The van der Waals surface area contributed by atoms with Crippen LogP contribution >= 0.6 is 15.9 Å². The molecule has 0 aromatic rings. The fraction of sp³-hybridized carbons (Fsp3) is 0.455. The second kappa shape index (κ2) is 3.61. The van der Waals surface area contributed by atoms with Crippen LogP contribution in [0, 0.1) is 0 Å². The minimum Gasteiger partial charge on any atom is -0.308 e. The van der Waals surface area contributed by atoms with Crippen molar-refractivity contribution in [1.82, 2.24) is 5.32 Å². The highest BCUT2D eigenvalue weighted by atomic mass is 79.9. The van der Waals surface area contributed by atoms with E-state index in [4.69, 9.17) is 0 Å². The van der Waals surface area contributed by atoms with E-state index in [0.717, 1.165) is 17.0 Å². The van der Waals surface area contributed by atoms with Gasteiger partial charge in [0.1, 0.15) is 11.9 Å². The predicted octanol–water partition coefficient (Wildman–Crippen LogP) is 1.72. The fourth-order valence-corrected chi connectivity index (χ4v) is 2.89. The number of aliphatic imine (C=N–C) groups is 2. The molecule has 0 radical (unpaired) electrons. The first-order valence-electron chi connectivity index (χ1n) is 5.52. The van der Waals surface area contributed by atoms with Crippen molar-refractivity contribution in [2.75, 3.05) is 13.6 Å². The lowest BCUT2D eigenvalue weighted by atomic mass is 10.1. The number of hydrogen-bond acceptors (Lipinski definition) is 3. The van der Waals surface area contributed by atoms with Crippen LogP contribution in [0.1, 0.15) is 12.8 Å². The van der Waals surface area contributed by atoms with Crippen LogP contribution in [0.3, 0.4) is 0 Å². The van der Waals surface area contributed by atoms with Crippen molar-refractivity contribution in [2.45, 2.75) is 18.9 Å². The van der Waals surface area contributed by atoms with Gasteiger partial charge in [0.15, 0.2) is 5.70 Å². The van der Waals surface area contributed by atoms with Gasteiger partial charge in [0.05, 0.1) is 25.5 Å². The normalized spacial score (nSPS) is 36.9. The summed E-state index contributed by atoms with van der Waals surface area (Å²) >= 11 is 3.56. The average Bonchev–Trinajstić information content (AvgIpc) is 2.86. The van der Waals surface area contributed by atoms with E-state index in [2.05, 4.69) is 38.3 Å². The topological polar surface area (TPSA) is 36.8 Å². The molecule has 4 nitrogen and oxygen atoms in total. The maximum absolute atomic E-state index is 4.67. The molecule has 2 atom stereocenters. The van der Waals surface area contributed by atoms with Crippen LogP contribution in [0.25, 0.3) is 0 Å². The SMILES string of the molecule is C[N@+]12C=CN=CC1=C(C1CCCN1)N=C2Br. The van der Waals surface area contributed by atoms with E-state index in [1.807, 2.05) is 18.6 Å². The molecule has 84 valence electrons. The van der Waals surface area contributed by atoms with Gasteiger partial charge in [0.25, 0.3) is 4.74 Å². The Labute approximate surface area is 103 Å². The Bertz CT molecular complexity index is 443. The molecule has 0 aliphatic carbocycles. The third kappa shape index (κ3) is 1.35. The van der Waals surface area contributed by atoms with Crippen LogP contribution < -0.4 is 5.32 Å². The summed E-state index contributed by atoms with van der Waals surface area (Å²) in [5.74, 6) is 0. The summed E-state index contributed by atoms with van der Waals surface area (Å²) in [5, 5.41) is 3.49. The molecule has 1 N–H and O–H groups in total. The molecule has 0 amide bonds. The monoisotopic (exact) mass is 281 g/mol. The number of halogens is 1. The van der Waals surface area contributed by atoms with E-state index < -0.39 is 0 Å².